The van der Waals surface area contributed by atoms with Gasteiger partial charge in [0.15, 0.2) is 0 Å². The van der Waals surface area contributed by atoms with E-state index in [-0.39, 0.29) is 0 Å². The van der Waals surface area contributed by atoms with E-state index in [1.807, 2.05) is 6.07 Å². The minimum absolute atomic E-state index is 0.338. The molecule has 2 heterocycles. The van der Waals surface area contributed by atoms with Crippen LogP contribution in [0.3, 0.4) is 0 Å². The van der Waals surface area contributed by atoms with Crippen molar-refractivity contribution in [1.29, 1.82) is 0 Å². The molecule has 2 saturated heterocycles. The molecule has 3 atom stereocenters. The van der Waals surface area contributed by atoms with E-state index >= 15 is 0 Å². The smallest absolute Gasteiger partial charge is 0.115 e. The number of nitrogens with zero attached hydrogens (tertiary/aromatic N) is 2. The summed E-state index contributed by atoms with van der Waals surface area (Å²) in [5.41, 5.74) is 3.33. The molecule has 3 fully saturated rings. The standard InChI is InChI=1S/C22H32N2O2/c25-18-5-4-17-15-21-19-3-1-2-6-22(19,20(17)16-18)7-8-24(21)10-9-23-11-13-26-14-12-23/h4-5,16,19,21,25H,1-3,6-15H2/t19-,21-,22+/m0/s1. The van der Waals surface area contributed by atoms with Crippen molar-refractivity contribution in [3.63, 3.8) is 0 Å². The first kappa shape index (κ1) is 17.0. The summed E-state index contributed by atoms with van der Waals surface area (Å²) >= 11 is 0. The number of hydrogen-bond donors (Lipinski definition) is 1. The van der Waals surface area contributed by atoms with Crippen LogP contribution in [0.25, 0.3) is 0 Å². The Morgan fingerprint density at radius 2 is 1.96 bits per heavy atom. The average Bonchev–Trinajstić information content (AvgIpc) is 2.69. The maximum absolute atomic E-state index is 10.1. The van der Waals surface area contributed by atoms with Gasteiger partial charge in [-0.15, -0.1) is 0 Å². The lowest BCUT2D eigenvalue weighted by Crippen LogP contribution is -2.61. The van der Waals surface area contributed by atoms with Crippen molar-refractivity contribution in [3.8, 4) is 5.75 Å². The molecule has 4 heteroatoms. The van der Waals surface area contributed by atoms with Gasteiger partial charge in [-0.1, -0.05) is 18.9 Å². The van der Waals surface area contributed by atoms with E-state index in [9.17, 15) is 5.11 Å². The molecule has 1 saturated carbocycles. The van der Waals surface area contributed by atoms with Gasteiger partial charge in [0, 0.05) is 37.6 Å². The van der Waals surface area contributed by atoms with Gasteiger partial charge in [0.05, 0.1) is 13.2 Å². The molecule has 2 bridgehead atoms. The second kappa shape index (κ2) is 6.81. The van der Waals surface area contributed by atoms with Gasteiger partial charge in [-0.25, -0.2) is 0 Å². The highest BCUT2D eigenvalue weighted by molar-refractivity contribution is 5.45. The van der Waals surface area contributed by atoms with Crippen molar-refractivity contribution >= 4 is 0 Å². The zero-order chi connectivity index (χ0) is 17.6. The average molecular weight is 357 g/mol. The maximum atomic E-state index is 10.1. The normalized spacial score (nSPS) is 34.9. The minimum atomic E-state index is 0.338. The predicted octanol–water partition coefficient (Wildman–Crippen LogP) is 2.78. The van der Waals surface area contributed by atoms with Crippen LogP contribution in [0, 0.1) is 5.92 Å². The van der Waals surface area contributed by atoms with Gasteiger partial charge in [0.2, 0.25) is 0 Å². The van der Waals surface area contributed by atoms with Crippen molar-refractivity contribution in [1.82, 2.24) is 9.80 Å². The fourth-order valence-corrected chi connectivity index (χ4v) is 6.44. The molecule has 26 heavy (non-hydrogen) atoms. The Balaban J connectivity index is 1.39. The third-order valence-corrected chi connectivity index (χ3v) is 7.74. The van der Waals surface area contributed by atoms with Crippen LogP contribution in [0.1, 0.15) is 43.2 Å². The Kier molecular flexibility index (Phi) is 4.46. The number of benzene rings is 1. The molecular weight excluding hydrogens is 324 g/mol. The second-order valence-corrected chi connectivity index (χ2v) is 8.86. The first-order valence-electron chi connectivity index (χ1n) is 10.6. The molecule has 5 rings (SSSR count). The van der Waals surface area contributed by atoms with Gasteiger partial charge in [-0.05, 0) is 61.4 Å². The Bertz CT molecular complexity index is 658. The zero-order valence-corrected chi connectivity index (χ0v) is 15.8. The van der Waals surface area contributed by atoms with E-state index in [0.29, 0.717) is 17.2 Å². The van der Waals surface area contributed by atoms with Crippen LogP contribution < -0.4 is 0 Å². The molecule has 4 aliphatic rings. The van der Waals surface area contributed by atoms with Crippen LogP contribution in [0.5, 0.6) is 5.75 Å². The number of piperidine rings is 1. The highest BCUT2D eigenvalue weighted by Crippen LogP contribution is 2.56. The Labute approximate surface area is 157 Å². The number of rotatable bonds is 3. The minimum Gasteiger partial charge on any atom is -0.508 e. The first-order valence-corrected chi connectivity index (χ1v) is 10.6. The molecule has 142 valence electrons. The van der Waals surface area contributed by atoms with Crippen LogP contribution >= 0.6 is 0 Å². The summed E-state index contributed by atoms with van der Waals surface area (Å²) in [6.07, 6.45) is 7.87. The summed E-state index contributed by atoms with van der Waals surface area (Å²) in [6.45, 7) is 7.58. The molecule has 0 aromatic heterocycles. The topological polar surface area (TPSA) is 35.9 Å². The number of aromatic hydroxyl groups is 1. The van der Waals surface area contributed by atoms with E-state index in [1.54, 1.807) is 0 Å². The van der Waals surface area contributed by atoms with Crippen molar-refractivity contribution < 1.29 is 9.84 Å². The Hall–Kier alpha value is -1.10. The number of likely N-dealkylation sites (tertiary alicyclic amines) is 1. The summed E-state index contributed by atoms with van der Waals surface area (Å²) in [4.78, 5) is 5.38. The third-order valence-electron chi connectivity index (χ3n) is 7.74. The number of ether oxygens (including phenoxy) is 1. The third kappa shape index (κ3) is 2.78. The van der Waals surface area contributed by atoms with Crippen LogP contribution in [0.4, 0.5) is 0 Å². The van der Waals surface area contributed by atoms with Crippen molar-refractivity contribution in [2.24, 2.45) is 5.92 Å². The molecule has 2 aliphatic carbocycles. The van der Waals surface area contributed by atoms with Gasteiger partial charge in [0.1, 0.15) is 5.75 Å². The molecule has 0 radical (unpaired) electrons. The van der Waals surface area contributed by atoms with Gasteiger partial charge >= 0.3 is 0 Å². The van der Waals surface area contributed by atoms with Gasteiger partial charge < -0.3 is 9.84 Å². The molecular formula is C22H32N2O2. The number of morpholine rings is 1. The van der Waals surface area contributed by atoms with E-state index < -0.39 is 0 Å². The molecule has 0 unspecified atom stereocenters. The van der Waals surface area contributed by atoms with Gasteiger partial charge in [0.25, 0.3) is 0 Å². The molecule has 1 N–H and O–H groups in total. The van der Waals surface area contributed by atoms with Gasteiger partial charge in [-0.2, -0.15) is 0 Å². The zero-order valence-electron chi connectivity index (χ0n) is 15.8. The lowest BCUT2D eigenvalue weighted by Gasteiger charge is -2.59. The van der Waals surface area contributed by atoms with Crippen molar-refractivity contribution in [2.45, 2.75) is 50.0 Å². The lowest BCUT2D eigenvalue weighted by atomic mass is 9.52. The van der Waals surface area contributed by atoms with Crippen LogP contribution in [0.2, 0.25) is 0 Å². The molecule has 2 aliphatic heterocycles. The van der Waals surface area contributed by atoms with Crippen LogP contribution in [0.15, 0.2) is 18.2 Å². The summed E-state index contributed by atoms with van der Waals surface area (Å²) < 4.78 is 5.50. The quantitative estimate of drug-likeness (QED) is 0.903. The molecule has 1 aromatic carbocycles. The summed E-state index contributed by atoms with van der Waals surface area (Å²) in [5, 5.41) is 10.1. The second-order valence-electron chi connectivity index (χ2n) is 8.86. The number of fused-ring (bicyclic) bond motifs is 1. The van der Waals surface area contributed by atoms with Crippen molar-refractivity contribution in [3.05, 3.63) is 29.3 Å². The van der Waals surface area contributed by atoms with E-state index in [4.69, 9.17) is 4.74 Å². The lowest BCUT2D eigenvalue weighted by molar-refractivity contribution is -0.0219. The summed E-state index contributed by atoms with van der Waals surface area (Å²) in [6, 6.07) is 6.90. The van der Waals surface area contributed by atoms with E-state index in [0.717, 1.165) is 32.2 Å². The summed E-state index contributed by atoms with van der Waals surface area (Å²) in [5.74, 6) is 1.24. The molecule has 0 amide bonds. The maximum Gasteiger partial charge on any atom is 0.115 e. The Morgan fingerprint density at radius 3 is 2.85 bits per heavy atom. The van der Waals surface area contributed by atoms with Crippen molar-refractivity contribution in [2.75, 3.05) is 45.9 Å². The monoisotopic (exact) mass is 356 g/mol. The SMILES string of the molecule is Oc1ccc2c(c1)[C@@]13CCCC[C@H]1[C@H](C2)N(CCN1CCOCC1)CC3. The fraction of sp³-hybridized carbons (Fsp3) is 0.727. The number of hydrogen-bond acceptors (Lipinski definition) is 4. The molecule has 0 spiro atoms. The van der Waals surface area contributed by atoms with Crippen LogP contribution in [-0.4, -0.2) is 66.9 Å². The highest BCUT2D eigenvalue weighted by Gasteiger charge is 2.53. The molecule has 4 nitrogen and oxygen atoms in total. The first-order chi connectivity index (χ1) is 12.8. The molecule has 1 aromatic rings. The predicted molar refractivity (Wildman–Crippen MR) is 103 cm³/mol. The largest absolute Gasteiger partial charge is 0.508 e. The number of phenols is 1. The van der Waals surface area contributed by atoms with E-state index in [1.165, 1.54) is 69.3 Å². The number of phenolic OH excluding ortho intramolecular Hbond substituents is 1. The Morgan fingerprint density at radius 1 is 1.08 bits per heavy atom. The highest BCUT2D eigenvalue weighted by atomic mass is 16.5. The van der Waals surface area contributed by atoms with E-state index in [2.05, 4.69) is 21.9 Å². The van der Waals surface area contributed by atoms with Crippen LogP contribution in [-0.2, 0) is 16.6 Å². The summed E-state index contributed by atoms with van der Waals surface area (Å²) in [7, 11) is 0. The van der Waals surface area contributed by atoms with Gasteiger partial charge in [-0.3, -0.25) is 9.80 Å². The fourth-order valence-electron chi connectivity index (χ4n) is 6.44.